The second-order valence-corrected chi connectivity index (χ2v) is 7.70. The van der Waals surface area contributed by atoms with Crippen molar-refractivity contribution >= 4 is 12.1 Å². The first-order chi connectivity index (χ1) is 14.8. The molecule has 1 aromatic rings. The first-order valence-electron chi connectivity index (χ1n) is 10.1. The molecule has 2 saturated heterocycles. The molecule has 6 unspecified atom stereocenters. The van der Waals surface area contributed by atoms with Crippen LogP contribution in [0, 0.1) is 0 Å². The van der Waals surface area contributed by atoms with E-state index in [0.29, 0.717) is 0 Å². The zero-order chi connectivity index (χ0) is 22.6. The van der Waals surface area contributed by atoms with Gasteiger partial charge in [0, 0.05) is 7.11 Å². The van der Waals surface area contributed by atoms with Gasteiger partial charge in [-0.2, -0.15) is 0 Å². The first-order valence-corrected chi connectivity index (χ1v) is 10.1. The molecule has 0 aromatic heterocycles. The summed E-state index contributed by atoms with van der Waals surface area (Å²) < 4.78 is 32.9. The summed E-state index contributed by atoms with van der Waals surface area (Å²) in [5.74, 6) is -1.75. The van der Waals surface area contributed by atoms with Gasteiger partial charge in [-0.3, -0.25) is 0 Å². The Balaban J connectivity index is 1.70. The van der Waals surface area contributed by atoms with E-state index in [1.54, 1.807) is 32.9 Å². The largest absolute Gasteiger partial charge is 0.464 e. The molecule has 3 rings (SSSR count). The van der Waals surface area contributed by atoms with E-state index in [9.17, 15) is 14.7 Å². The minimum Gasteiger partial charge on any atom is -0.464 e. The lowest BCUT2D eigenvalue weighted by Crippen LogP contribution is -2.56. The average Bonchev–Trinajstić information content (AvgIpc) is 3.23. The SMILES string of the molecule is CCOC(=O)C(NC(=O)OCc1ccccc1)C(O)C1OC(OC)C2OC(C)(C)OC21. The number of nitrogens with one attached hydrogen (secondary N) is 1. The number of amides is 1. The van der Waals surface area contributed by atoms with Crippen LogP contribution in [-0.4, -0.2) is 73.4 Å². The Bertz CT molecular complexity index is 756. The van der Waals surface area contributed by atoms with Crippen molar-refractivity contribution in [3.63, 3.8) is 0 Å². The van der Waals surface area contributed by atoms with Crippen LogP contribution in [0.5, 0.6) is 0 Å². The van der Waals surface area contributed by atoms with Gasteiger partial charge in [-0.1, -0.05) is 30.3 Å². The Morgan fingerprint density at radius 3 is 2.48 bits per heavy atom. The highest BCUT2D eigenvalue weighted by molar-refractivity contribution is 5.82. The first kappa shape index (κ1) is 23.4. The molecule has 1 aromatic carbocycles. The summed E-state index contributed by atoms with van der Waals surface area (Å²) in [6, 6.07) is 7.61. The highest BCUT2D eigenvalue weighted by Crippen LogP contribution is 2.40. The number of methoxy groups -OCH3 is 1. The molecule has 0 bridgehead atoms. The summed E-state index contributed by atoms with van der Waals surface area (Å²) in [4.78, 5) is 24.8. The van der Waals surface area contributed by atoms with Crippen LogP contribution in [0.15, 0.2) is 30.3 Å². The maximum absolute atomic E-state index is 12.5. The van der Waals surface area contributed by atoms with Gasteiger partial charge in [0.25, 0.3) is 0 Å². The Labute approximate surface area is 180 Å². The molecule has 10 nitrogen and oxygen atoms in total. The molecule has 172 valence electrons. The third-order valence-electron chi connectivity index (χ3n) is 4.98. The van der Waals surface area contributed by atoms with Crippen molar-refractivity contribution in [2.75, 3.05) is 13.7 Å². The fourth-order valence-electron chi connectivity index (χ4n) is 3.65. The summed E-state index contributed by atoms with van der Waals surface area (Å²) in [6.45, 7) is 5.13. The number of rotatable bonds is 8. The molecule has 0 saturated carbocycles. The fraction of sp³-hybridized carbons (Fsp3) is 0.619. The van der Waals surface area contributed by atoms with Gasteiger partial charge in [0.2, 0.25) is 0 Å². The molecule has 2 heterocycles. The second-order valence-electron chi connectivity index (χ2n) is 7.70. The lowest BCUT2D eigenvalue weighted by molar-refractivity contribution is -0.238. The van der Waals surface area contributed by atoms with Crippen molar-refractivity contribution in [2.24, 2.45) is 0 Å². The topological polar surface area (TPSA) is 122 Å². The van der Waals surface area contributed by atoms with Crippen LogP contribution >= 0.6 is 0 Å². The van der Waals surface area contributed by atoms with Gasteiger partial charge in [0.1, 0.15) is 31.0 Å². The summed E-state index contributed by atoms with van der Waals surface area (Å²) in [5, 5.41) is 13.4. The molecule has 2 fully saturated rings. The highest BCUT2D eigenvalue weighted by Gasteiger charge is 2.59. The quantitative estimate of drug-likeness (QED) is 0.573. The minimum atomic E-state index is -1.51. The van der Waals surface area contributed by atoms with Crippen molar-refractivity contribution in [1.82, 2.24) is 5.32 Å². The monoisotopic (exact) mass is 439 g/mol. The molecule has 0 aliphatic carbocycles. The Hall–Kier alpha value is -2.24. The highest BCUT2D eigenvalue weighted by atomic mass is 16.8. The third kappa shape index (κ3) is 5.52. The zero-order valence-corrected chi connectivity index (χ0v) is 18.0. The molecule has 10 heteroatoms. The number of aliphatic hydroxyl groups excluding tert-OH is 1. The van der Waals surface area contributed by atoms with Crippen molar-refractivity contribution in [2.45, 2.75) is 69.9 Å². The number of ether oxygens (including phenoxy) is 6. The molecular formula is C21H29NO9. The van der Waals surface area contributed by atoms with E-state index in [0.717, 1.165) is 5.56 Å². The molecular weight excluding hydrogens is 410 g/mol. The van der Waals surface area contributed by atoms with Crippen LogP contribution in [-0.2, 0) is 39.8 Å². The Kier molecular flexibility index (Phi) is 7.50. The molecule has 0 spiro atoms. The predicted octanol–water partition coefficient (Wildman–Crippen LogP) is 1.10. The normalized spacial score (nSPS) is 28.4. The summed E-state index contributed by atoms with van der Waals surface area (Å²) >= 11 is 0. The number of esters is 1. The smallest absolute Gasteiger partial charge is 0.408 e. The maximum atomic E-state index is 12.5. The molecule has 2 aliphatic heterocycles. The fourth-order valence-corrected chi connectivity index (χ4v) is 3.65. The predicted molar refractivity (Wildman–Crippen MR) is 106 cm³/mol. The molecule has 0 radical (unpaired) electrons. The van der Waals surface area contributed by atoms with Crippen molar-refractivity contribution in [3.8, 4) is 0 Å². The van der Waals surface area contributed by atoms with Gasteiger partial charge in [-0.25, -0.2) is 9.59 Å². The van der Waals surface area contributed by atoms with Gasteiger partial charge in [-0.15, -0.1) is 0 Å². The van der Waals surface area contributed by atoms with Crippen molar-refractivity contribution < 1.29 is 43.1 Å². The number of fused-ring (bicyclic) bond motifs is 1. The van der Waals surface area contributed by atoms with Gasteiger partial charge >= 0.3 is 12.1 Å². The number of carbonyl (C=O) groups is 2. The molecule has 6 atom stereocenters. The average molecular weight is 439 g/mol. The number of hydrogen-bond donors (Lipinski definition) is 2. The number of hydrogen-bond acceptors (Lipinski definition) is 9. The van der Waals surface area contributed by atoms with E-state index < -0.39 is 54.6 Å². The van der Waals surface area contributed by atoms with E-state index in [-0.39, 0.29) is 13.2 Å². The lowest BCUT2D eigenvalue weighted by atomic mass is 10.00. The van der Waals surface area contributed by atoms with Crippen molar-refractivity contribution in [3.05, 3.63) is 35.9 Å². The van der Waals surface area contributed by atoms with Crippen molar-refractivity contribution in [1.29, 1.82) is 0 Å². The standard InChI is InChI=1S/C21H29NO9/c1-5-27-18(24)13(22-20(25)28-11-12-9-7-6-8-10-12)14(23)15-16-17(19(26-4)29-15)31-21(2,3)30-16/h6-10,13-17,19,23H,5,11H2,1-4H3,(H,22,25). The number of benzene rings is 1. The van der Waals surface area contributed by atoms with Crippen LogP contribution in [0.3, 0.4) is 0 Å². The van der Waals surface area contributed by atoms with E-state index >= 15 is 0 Å². The van der Waals surface area contributed by atoms with E-state index in [1.807, 2.05) is 18.2 Å². The van der Waals surface area contributed by atoms with E-state index in [1.165, 1.54) is 7.11 Å². The van der Waals surface area contributed by atoms with E-state index in [4.69, 9.17) is 28.4 Å². The van der Waals surface area contributed by atoms with E-state index in [2.05, 4.69) is 5.32 Å². The van der Waals surface area contributed by atoms with Gasteiger partial charge in [-0.05, 0) is 26.3 Å². The van der Waals surface area contributed by atoms with Gasteiger partial charge in [0.05, 0.1) is 6.61 Å². The molecule has 2 aliphatic rings. The lowest BCUT2D eigenvalue weighted by Gasteiger charge is -2.29. The van der Waals surface area contributed by atoms with Crippen LogP contribution < -0.4 is 5.32 Å². The van der Waals surface area contributed by atoms with Gasteiger partial charge < -0.3 is 38.8 Å². The minimum absolute atomic E-state index is 0.000168. The maximum Gasteiger partial charge on any atom is 0.408 e. The Morgan fingerprint density at radius 1 is 1.16 bits per heavy atom. The molecule has 1 amide bonds. The van der Waals surface area contributed by atoms with Crippen LogP contribution in [0.4, 0.5) is 4.79 Å². The van der Waals surface area contributed by atoms with Gasteiger partial charge in [0.15, 0.2) is 18.1 Å². The summed E-state index contributed by atoms with van der Waals surface area (Å²) in [6.07, 6.45) is -5.53. The number of alkyl carbamates (subject to hydrolysis) is 1. The number of aliphatic hydroxyl groups is 1. The summed E-state index contributed by atoms with van der Waals surface area (Å²) in [7, 11) is 1.44. The van der Waals surface area contributed by atoms with Crippen LogP contribution in [0.1, 0.15) is 26.3 Å². The molecule has 2 N–H and O–H groups in total. The molecule has 31 heavy (non-hydrogen) atoms. The zero-order valence-electron chi connectivity index (χ0n) is 18.0. The van der Waals surface area contributed by atoms with Crippen LogP contribution in [0.25, 0.3) is 0 Å². The second kappa shape index (κ2) is 9.92. The summed E-state index contributed by atoms with van der Waals surface area (Å²) in [5.41, 5.74) is 0.773. The van der Waals surface area contributed by atoms with Crippen LogP contribution in [0.2, 0.25) is 0 Å². The Morgan fingerprint density at radius 2 is 1.84 bits per heavy atom. The third-order valence-corrected chi connectivity index (χ3v) is 4.98. The number of carbonyl (C=O) groups excluding carboxylic acids is 2.